The highest BCUT2D eigenvalue weighted by Gasteiger charge is 2.40. The van der Waals surface area contributed by atoms with Gasteiger partial charge < -0.3 is 14.2 Å². The van der Waals surface area contributed by atoms with Crippen molar-refractivity contribution in [2.45, 2.75) is 124 Å². The maximum absolute atomic E-state index is 6.84. The van der Waals surface area contributed by atoms with Gasteiger partial charge in [0.05, 0.1) is 5.69 Å². The molecule has 0 amide bonds. The summed E-state index contributed by atoms with van der Waals surface area (Å²) in [5.74, 6) is 0. The summed E-state index contributed by atoms with van der Waals surface area (Å²) >= 11 is 6.84. The molecule has 0 atom stereocenters. The molecule has 0 radical (unpaired) electrons. The maximum Gasteiger partial charge on any atom is 0.159 e. The van der Waals surface area contributed by atoms with Gasteiger partial charge in [0.1, 0.15) is 5.58 Å². The zero-order valence-electron chi connectivity index (χ0n) is 36.9. The monoisotopic (exact) mass is 798 g/mol. The number of hydrogen-bond acceptors (Lipinski definition) is 3. The van der Waals surface area contributed by atoms with Crippen LogP contribution < -0.4 is 9.80 Å². The Labute approximate surface area is 357 Å². The molecule has 0 bridgehead atoms. The Balaban J connectivity index is 1.33. The molecule has 4 heteroatoms. The van der Waals surface area contributed by atoms with Gasteiger partial charge in [0.2, 0.25) is 0 Å². The van der Waals surface area contributed by atoms with Gasteiger partial charge in [-0.25, -0.2) is 0 Å². The smallest absolute Gasteiger partial charge is 0.159 e. The lowest BCUT2D eigenvalue weighted by Crippen LogP contribution is -2.34. The van der Waals surface area contributed by atoms with Crippen molar-refractivity contribution in [3.8, 4) is 0 Å². The van der Waals surface area contributed by atoms with Gasteiger partial charge in [-0.15, -0.1) is 0 Å². The third-order valence-electron chi connectivity index (χ3n) is 14.1. The highest BCUT2D eigenvalue weighted by Crippen LogP contribution is 2.53. The van der Waals surface area contributed by atoms with Crippen molar-refractivity contribution in [2.24, 2.45) is 0 Å². The number of furan rings is 1. The number of aryl methyl sites for hydroxylation is 3. The van der Waals surface area contributed by atoms with E-state index in [0.29, 0.717) is 5.02 Å². The summed E-state index contributed by atoms with van der Waals surface area (Å²) in [5.41, 5.74) is 18.1. The van der Waals surface area contributed by atoms with E-state index in [-0.39, 0.29) is 21.7 Å². The number of anilines is 6. The van der Waals surface area contributed by atoms with Crippen LogP contribution in [0.4, 0.5) is 34.1 Å². The van der Waals surface area contributed by atoms with E-state index in [2.05, 4.69) is 189 Å². The lowest BCUT2D eigenvalue weighted by atomic mass is 9.63. The molecular weight excluding hydrogens is 740 g/mol. The van der Waals surface area contributed by atoms with E-state index in [1.165, 1.54) is 63.2 Å². The van der Waals surface area contributed by atoms with Gasteiger partial charge in [-0.05, 0) is 168 Å². The van der Waals surface area contributed by atoms with Gasteiger partial charge in [0, 0.05) is 44.2 Å². The molecule has 0 aliphatic heterocycles. The number of fused-ring (bicyclic) bond motifs is 5. The van der Waals surface area contributed by atoms with Crippen LogP contribution in [0.2, 0.25) is 5.02 Å². The molecule has 2 aliphatic rings. The molecule has 0 fully saturated rings. The highest BCUT2D eigenvalue weighted by molar-refractivity contribution is 6.30. The Morgan fingerprint density at radius 1 is 0.458 bits per heavy atom. The molecule has 0 spiro atoms. The molecule has 0 unspecified atom stereocenters. The van der Waals surface area contributed by atoms with Crippen LogP contribution in [0.5, 0.6) is 0 Å². The van der Waals surface area contributed by atoms with Crippen molar-refractivity contribution < 1.29 is 4.42 Å². The van der Waals surface area contributed by atoms with Gasteiger partial charge in [-0.1, -0.05) is 116 Å². The minimum atomic E-state index is 0.0395. The summed E-state index contributed by atoms with van der Waals surface area (Å²) in [4.78, 5) is 4.90. The van der Waals surface area contributed by atoms with Gasteiger partial charge in [-0.3, -0.25) is 0 Å². The van der Waals surface area contributed by atoms with Crippen molar-refractivity contribution in [2.75, 3.05) is 9.80 Å². The molecule has 0 N–H and O–H groups in total. The molecular formula is C55H59ClN2O. The second-order valence-electron chi connectivity index (χ2n) is 20.3. The van der Waals surface area contributed by atoms with E-state index < -0.39 is 0 Å². The van der Waals surface area contributed by atoms with Crippen molar-refractivity contribution in [3.05, 3.63) is 153 Å². The first-order valence-corrected chi connectivity index (χ1v) is 21.9. The molecule has 1 heterocycles. The molecule has 6 aromatic carbocycles. The maximum atomic E-state index is 6.84. The zero-order chi connectivity index (χ0) is 41.8. The molecule has 3 nitrogen and oxygen atoms in total. The number of rotatable bonds is 6. The number of benzene rings is 6. The van der Waals surface area contributed by atoms with Gasteiger partial charge in [0.15, 0.2) is 5.58 Å². The largest absolute Gasteiger partial charge is 0.454 e. The molecule has 0 saturated heterocycles. The number of hydrogen-bond donors (Lipinski definition) is 0. The van der Waals surface area contributed by atoms with Crippen molar-refractivity contribution in [1.82, 2.24) is 0 Å². The molecule has 1 aromatic heterocycles. The molecule has 9 rings (SSSR count). The summed E-state index contributed by atoms with van der Waals surface area (Å²) in [6.07, 6.45) is 4.64. The van der Waals surface area contributed by atoms with Crippen LogP contribution in [0.15, 0.2) is 114 Å². The third kappa shape index (κ3) is 6.65. The van der Waals surface area contributed by atoms with E-state index in [9.17, 15) is 0 Å². The second kappa shape index (κ2) is 13.8. The Morgan fingerprint density at radius 3 is 1.53 bits per heavy atom. The lowest BCUT2D eigenvalue weighted by molar-refractivity contribution is 0.332. The molecule has 302 valence electrons. The van der Waals surface area contributed by atoms with Crippen molar-refractivity contribution >= 4 is 67.7 Å². The Bertz CT molecular complexity index is 2800. The van der Waals surface area contributed by atoms with E-state index in [1.807, 2.05) is 6.07 Å². The lowest BCUT2D eigenvalue weighted by Gasteiger charge is -2.43. The van der Waals surface area contributed by atoms with Crippen LogP contribution >= 0.6 is 11.6 Å². The fourth-order valence-corrected chi connectivity index (χ4v) is 10.4. The Morgan fingerprint density at radius 2 is 0.949 bits per heavy atom. The number of halogens is 1. The Hall–Kier alpha value is -4.99. The number of nitrogens with zero attached hydrogens (tertiary/aromatic N) is 2. The van der Waals surface area contributed by atoms with Crippen LogP contribution in [-0.4, -0.2) is 0 Å². The fourth-order valence-electron chi connectivity index (χ4n) is 10.3. The van der Waals surface area contributed by atoms with Crippen molar-refractivity contribution in [3.63, 3.8) is 0 Å². The predicted octanol–water partition coefficient (Wildman–Crippen LogP) is 16.8. The van der Waals surface area contributed by atoms with Gasteiger partial charge in [-0.2, -0.15) is 0 Å². The SMILES string of the molecule is Cc1cc(N(c2cccc(Cl)c2)c2cc3c(cc2C)C(C)(C)CCC3(C)C)cc(N(c2cc3c(cc2C)C(C)(C)CCC3(C)C)c2cccc3c2oc2ccccc23)c1. The third-order valence-corrected chi connectivity index (χ3v) is 14.3. The summed E-state index contributed by atoms with van der Waals surface area (Å²) in [6.45, 7) is 26.1. The van der Waals surface area contributed by atoms with E-state index in [4.69, 9.17) is 16.0 Å². The van der Waals surface area contributed by atoms with E-state index in [1.54, 1.807) is 0 Å². The fraction of sp³-hybridized carbons (Fsp3) is 0.345. The molecule has 7 aromatic rings. The van der Waals surface area contributed by atoms with Gasteiger partial charge >= 0.3 is 0 Å². The van der Waals surface area contributed by atoms with Crippen LogP contribution in [-0.2, 0) is 21.7 Å². The van der Waals surface area contributed by atoms with Gasteiger partial charge in [0.25, 0.3) is 0 Å². The van der Waals surface area contributed by atoms with Crippen molar-refractivity contribution in [1.29, 1.82) is 0 Å². The standard InChI is InChI=1S/C55H59ClN2O/c1-34-26-39(57(38-17-14-16-37(56)30-38)48-32-45-43(28-35(48)2)52(4,5)22-24-54(45,8)9)31-40(27-34)58(47-20-15-19-42-41-18-12-13-21-50(41)59-51(42)47)49-33-46-44(29-36(49)3)53(6,7)23-25-55(46,10)11/h12-21,26-33H,22-25H2,1-11H3. The van der Waals surface area contributed by atoms with Crippen LogP contribution in [0.25, 0.3) is 21.9 Å². The highest BCUT2D eigenvalue weighted by atomic mass is 35.5. The number of para-hydroxylation sites is 2. The first kappa shape index (κ1) is 39.5. The molecule has 0 saturated carbocycles. The normalized spacial score (nSPS) is 17.4. The minimum absolute atomic E-state index is 0.0395. The van der Waals surface area contributed by atoms with E-state index >= 15 is 0 Å². The first-order chi connectivity index (χ1) is 27.8. The van der Waals surface area contributed by atoms with Crippen LogP contribution in [0.3, 0.4) is 0 Å². The average molecular weight is 800 g/mol. The van der Waals surface area contributed by atoms with E-state index in [0.717, 1.165) is 57.5 Å². The molecule has 2 aliphatic carbocycles. The van der Waals surface area contributed by atoms with Crippen LogP contribution in [0.1, 0.15) is 120 Å². The summed E-state index contributed by atoms with van der Waals surface area (Å²) in [5, 5.41) is 2.95. The average Bonchev–Trinajstić information content (AvgIpc) is 3.56. The Kier molecular flexibility index (Phi) is 9.22. The quantitative estimate of drug-likeness (QED) is 0.167. The molecule has 59 heavy (non-hydrogen) atoms. The second-order valence-corrected chi connectivity index (χ2v) is 20.8. The zero-order valence-corrected chi connectivity index (χ0v) is 37.7. The summed E-state index contributed by atoms with van der Waals surface area (Å²) in [7, 11) is 0. The topological polar surface area (TPSA) is 19.6 Å². The minimum Gasteiger partial charge on any atom is -0.454 e. The first-order valence-electron chi connectivity index (χ1n) is 21.5. The van der Waals surface area contributed by atoms with Crippen LogP contribution in [0, 0.1) is 20.8 Å². The predicted molar refractivity (Wildman–Crippen MR) is 253 cm³/mol. The summed E-state index contributed by atoms with van der Waals surface area (Å²) in [6, 6.07) is 40.3. The summed E-state index contributed by atoms with van der Waals surface area (Å²) < 4.78 is 6.83.